The van der Waals surface area contributed by atoms with Gasteiger partial charge in [0.05, 0.1) is 12.2 Å². The Bertz CT molecular complexity index is 467. The molecule has 0 amide bonds. The van der Waals surface area contributed by atoms with E-state index < -0.39 is 11.7 Å². The molecule has 0 spiro atoms. The quantitative estimate of drug-likeness (QED) is 0.794. The van der Waals surface area contributed by atoms with Gasteiger partial charge in [-0.25, -0.2) is 4.98 Å². The van der Waals surface area contributed by atoms with E-state index in [0.29, 0.717) is 12.6 Å². The molecule has 1 unspecified atom stereocenters. The first kappa shape index (κ1) is 15.4. The number of ether oxygens (including phenoxy) is 1. The van der Waals surface area contributed by atoms with Crippen LogP contribution >= 0.6 is 11.6 Å². The molecule has 2 heterocycles. The third kappa shape index (κ3) is 3.99. The fourth-order valence-corrected chi connectivity index (χ4v) is 2.55. The van der Waals surface area contributed by atoms with Gasteiger partial charge in [0.2, 0.25) is 5.88 Å². The van der Waals surface area contributed by atoms with Crippen LogP contribution in [0, 0.1) is 0 Å². The molecule has 2 rings (SSSR count). The number of likely N-dealkylation sites (tertiary alicyclic amines) is 1. The average molecular weight is 309 g/mol. The third-order valence-electron chi connectivity index (χ3n) is 3.47. The molecule has 1 aromatic heterocycles. The van der Waals surface area contributed by atoms with Crippen LogP contribution in [-0.2, 0) is 6.18 Å². The Morgan fingerprint density at radius 1 is 1.45 bits per heavy atom. The number of aromatic nitrogens is 1. The number of hydrogen-bond donors (Lipinski definition) is 0. The van der Waals surface area contributed by atoms with E-state index in [1.54, 1.807) is 0 Å². The van der Waals surface area contributed by atoms with Crippen molar-refractivity contribution >= 4 is 11.6 Å². The highest BCUT2D eigenvalue weighted by molar-refractivity contribution is 6.29. The lowest BCUT2D eigenvalue weighted by Gasteiger charge is -2.19. The zero-order chi connectivity index (χ0) is 14.8. The summed E-state index contributed by atoms with van der Waals surface area (Å²) in [7, 11) is 2.04. The zero-order valence-corrected chi connectivity index (χ0v) is 11.8. The standard InChI is InChI=1S/C13H16ClF3N2O/c1-19-5-2-3-10(19)4-6-20-12-8-9(13(15,16)17)7-11(14)18-12/h7-8,10H,2-6H2,1H3. The minimum absolute atomic E-state index is 0.0783. The summed E-state index contributed by atoms with van der Waals surface area (Å²) in [5.41, 5.74) is -0.842. The van der Waals surface area contributed by atoms with E-state index in [1.165, 1.54) is 0 Å². The molecule has 20 heavy (non-hydrogen) atoms. The fraction of sp³-hybridized carbons (Fsp3) is 0.615. The van der Waals surface area contributed by atoms with E-state index in [0.717, 1.165) is 37.9 Å². The molecule has 0 radical (unpaired) electrons. The van der Waals surface area contributed by atoms with Gasteiger partial charge in [0.25, 0.3) is 0 Å². The smallest absolute Gasteiger partial charge is 0.416 e. The molecule has 1 aliphatic heterocycles. The molecule has 7 heteroatoms. The first-order chi connectivity index (χ1) is 9.36. The fourth-order valence-electron chi connectivity index (χ4n) is 2.35. The molecular formula is C13H16ClF3N2O. The van der Waals surface area contributed by atoms with E-state index in [1.807, 2.05) is 7.05 Å². The van der Waals surface area contributed by atoms with Crippen LogP contribution in [0.4, 0.5) is 13.2 Å². The van der Waals surface area contributed by atoms with E-state index >= 15 is 0 Å². The normalized spacial score (nSPS) is 20.4. The highest BCUT2D eigenvalue weighted by Gasteiger charge is 2.31. The van der Waals surface area contributed by atoms with E-state index in [-0.39, 0.29) is 11.0 Å². The number of rotatable bonds is 4. The molecule has 1 aliphatic rings. The molecule has 0 N–H and O–H groups in total. The van der Waals surface area contributed by atoms with Gasteiger partial charge in [-0.1, -0.05) is 11.6 Å². The monoisotopic (exact) mass is 308 g/mol. The molecular weight excluding hydrogens is 293 g/mol. The lowest BCUT2D eigenvalue weighted by molar-refractivity contribution is -0.137. The maximum atomic E-state index is 12.6. The van der Waals surface area contributed by atoms with Gasteiger partial charge < -0.3 is 9.64 Å². The Morgan fingerprint density at radius 2 is 2.20 bits per heavy atom. The number of alkyl halides is 3. The highest BCUT2D eigenvalue weighted by atomic mass is 35.5. The number of hydrogen-bond acceptors (Lipinski definition) is 3. The topological polar surface area (TPSA) is 25.4 Å². The van der Waals surface area contributed by atoms with E-state index in [2.05, 4.69) is 9.88 Å². The van der Waals surface area contributed by atoms with Gasteiger partial charge in [0.1, 0.15) is 5.15 Å². The Balaban J connectivity index is 1.94. The maximum absolute atomic E-state index is 12.6. The largest absolute Gasteiger partial charge is 0.478 e. The van der Waals surface area contributed by atoms with Crippen molar-refractivity contribution in [2.75, 3.05) is 20.2 Å². The third-order valence-corrected chi connectivity index (χ3v) is 3.66. The van der Waals surface area contributed by atoms with Crippen LogP contribution in [-0.4, -0.2) is 36.1 Å². The molecule has 1 aromatic rings. The van der Waals surface area contributed by atoms with Crippen molar-refractivity contribution in [2.24, 2.45) is 0 Å². The van der Waals surface area contributed by atoms with Gasteiger partial charge >= 0.3 is 6.18 Å². The Morgan fingerprint density at radius 3 is 2.80 bits per heavy atom. The maximum Gasteiger partial charge on any atom is 0.416 e. The van der Waals surface area contributed by atoms with Crippen LogP contribution in [0.2, 0.25) is 5.15 Å². The van der Waals surface area contributed by atoms with Crippen molar-refractivity contribution in [3.05, 3.63) is 22.8 Å². The van der Waals surface area contributed by atoms with Crippen molar-refractivity contribution in [1.82, 2.24) is 9.88 Å². The summed E-state index contributed by atoms with van der Waals surface area (Å²) in [6, 6.07) is 2.10. The summed E-state index contributed by atoms with van der Waals surface area (Å²) >= 11 is 5.59. The van der Waals surface area contributed by atoms with Crippen LogP contribution in [0.1, 0.15) is 24.8 Å². The van der Waals surface area contributed by atoms with Crippen molar-refractivity contribution < 1.29 is 17.9 Å². The Hall–Kier alpha value is -1.01. The molecule has 0 aliphatic carbocycles. The van der Waals surface area contributed by atoms with Crippen LogP contribution < -0.4 is 4.74 Å². The SMILES string of the molecule is CN1CCCC1CCOc1cc(C(F)(F)F)cc(Cl)n1. The van der Waals surface area contributed by atoms with Gasteiger partial charge in [-0.2, -0.15) is 13.2 Å². The second-order valence-corrected chi connectivity index (χ2v) is 5.32. The van der Waals surface area contributed by atoms with Crippen molar-refractivity contribution in [3.63, 3.8) is 0 Å². The van der Waals surface area contributed by atoms with Crippen LogP contribution in [0.15, 0.2) is 12.1 Å². The molecule has 1 saturated heterocycles. The van der Waals surface area contributed by atoms with Gasteiger partial charge in [0.15, 0.2) is 0 Å². The minimum atomic E-state index is -4.45. The molecule has 1 atom stereocenters. The molecule has 1 fully saturated rings. The van der Waals surface area contributed by atoms with Crippen molar-refractivity contribution in [3.8, 4) is 5.88 Å². The summed E-state index contributed by atoms with van der Waals surface area (Å²) in [5.74, 6) is -0.0783. The summed E-state index contributed by atoms with van der Waals surface area (Å²) in [4.78, 5) is 5.99. The number of nitrogens with zero attached hydrogens (tertiary/aromatic N) is 2. The first-order valence-corrected chi connectivity index (χ1v) is 6.82. The molecule has 0 saturated carbocycles. The molecule has 112 valence electrons. The summed E-state index contributed by atoms with van der Waals surface area (Å²) in [5, 5.41) is -0.215. The van der Waals surface area contributed by atoms with Gasteiger partial charge in [0, 0.05) is 12.1 Å². The second kappa shape index (κ2) is 6.18. The predicted octanol–water partition coefficient (Wildman–Crippen LogP) is 3.62. The molecule has 0 bridgehead atoms. The summed E-state index contributed by atoms with van der Waals surface area (Å²) in [6.07, 6.45) is -1.44. The van der Waals surface area contributed by atoms with Crippen LogP contribution in [0.25, 0.3) is 0 Å². The number of pyridine rings is 1. The van der Waals surface area contributed by atoms with E-state index in [4.69, 9.17) is 16.3 Å². The lowest BCUT2D eigenvalue weighted by Crippen LogP contribution is -2.26. The molecule has 0 aromatic carbocycles. The number of halogens is 4. The first-order valence-electron chi connectivity index (χ1n) is 6.44. The Kier molecular flexibility index (Phi) is 4.75. The van der Waals surface area contributed by atoms with E-state index in [9.17, 15) is 13.2 Å². The van der Waals surface area contributed by atoms with Crippen LogP contribution in [0.5, 0.6) is 5.88 Å². The summed E-state index contributed by atoms with van der Waals surface area (Å²) in [6.45, 7) is 1.39. The van der Waals surface area contributed by atoms with Gasteiger partial charge in [-0.05, 0) is 38.9 Å². The average Bonchev–Trinajstić information content (AvgIpc) is 2.73. The summed E-state index contributed by atoms with van der Waals surface area (Å²) < 4.78 is 43.2. The lowest BCUT2D eigenvalue weighted by atomic mass is 10.1. The van der Waals surface area contributed by atoms with Gasteiger partial charge in [-0.3, -0.25) is 0 Å². The zero-order valence-electron chi connectivity index (χ0n) is 11.1. The predicted molar refractivity (Wildman–Crippen MR) is 70.0 cm³/mol. The highest BCUT2D eigenvalue weighted by Crippen LogP contribution is 2.32. The Labute approximate surface area is 120 Å². The van der Waals surface area contributed by atoms with Crippen LogP contribution in [0.3, 0.4) is 0 Å². The van der Waals surface area contributed by atoms with Crippen molar-refractivity contribution in [1.29, 1.82) is 0 Å². The second-order valence-electron chi connectivity index (χ2n) is 4.93. The van der Waals surface area contributed by atoms with Crippen molar-refractivity contribution in [2.45, 2.75) is 31.5 Å². The molecule has 3 nitrogen and oxygen atoms in total. The minimum Gasteiger partial charge on any atom is -0.478 e. The van der Waals surface area contributed by atoms with Gasteiger partial charge in [-0.15, -0.1) is 0 Å².